The van der Waals surface area contributed by atoms with Crippen LogP contribution < -0.4 is 4.74 Å². The van der Waals surface area contributed by atoms with Crippen LogP contribution in [-0.2, 0) is 11.9 Å². The van der Waals surface area contributed by atoms with E-state index in [9.17, 15) is 10.1 Å². The number of rotatable bonds is 5. The lowest BCUT2D eigenvalue weighted by molar-refractivity contribution is -0.385. The number of hydrogen-bond acceptors (Lipinski definition) is 3. The van der Waals surface area contributed by atoms with Gasteiger partial charge in [-0.1, -0.05) is 33.6 Å². The molecule has 0 heterocycles. The van der Waals surface area contributed by atoms with Gasteiger partial charge in [0.25, 0.3) is 5.69 Å². The summed E-state index contributed by atoms with van der Waals surface area (Å²) in [5, 5.41) is 12.1. The number of nitrogens with zero attached hydrogens (tertiary/aromatic N) is 1. The van der Waals surface area contributed by atoms with Crippen LogP contribution >= 0.6 is 43.5 Å². The van der Waals surface area contributed by atoms with E-state index in [1.54, 1.807) is 12.1 Å². The summed E-state index contributed by atoms with van der Waals surface area (Å²) in [5.41, 5.74) is 1.53. The third-order valence-corrected chi connectivity index (χ3v) is 4.28. The lowest BCUT2D eigenvalue weighted by Gasteiger charge is -2.09. The van der Waals surface area contributed by atoms with Gasteiger partial charge in [-0.25, -0.2) is 0 Å². The van der Waals surface area contributed by atoms with Crippen LogP contribution in [0.2, 0.25) is 5.02 Å². The van der Waals surface area contributed by atoms with Gasteiger partial charge in [-0.2, -0.15) is 0 Å². The second-order valence-corrected chi connectivity index (χ2v) is 6.07. The zero-order valence-corrected chi connectivity index (χ0v) is 14.6. The van der Waals surface area contributed by atoms with Gasteiger partial charge in [-0.15, -0.1) is 0 Å². The summed E-state index contributed by atoms with van der Waals surface area (Å²) in [6, 6.07) is 10.2. The van der Waals surface area contributed by atoms with Gasteiger partial charge in [0, 0.05) is 16.4 Å². The van der Waals surface area contributed by atoms with Gasteiger partial charge in [-0.05, 0) is 45.8 Å². The average Bonchev–Trinajstić information content (AvgIpc) is 2.46. The summed E-state index contributed by atoms with van der Waals surface area (Å²) in [6.07, 6.45) is 0. The van der Waals surface area contributed by atoms with Crippen molar-refractivity contribution in [3.63, 3.8) is 0 Å². The van der Waals surface area contributed by atoms with Gasteiger partial charge in [0.15, 0.2) is 0 Å². The molecule has 0 fully saturated rings. The molecule has 0 aliphatic rings. The molecule has 0 aliphatic carbocycles. The van der Waals surface area contributed by atoms with Crippen molar-refractivity contribution in [1.82, 2.24) is 0 Å². The summed E-state index contributed by atoms with van der Waals surface area (Å²) in [6.45, 7) is 0.0970. The van der Waals surface area contributed by atoms with Crippen molar-refractivity contribution in [3.05, 3.63) is 67.1 Å². The van der Waals surface area contributed by atoms with Crippen molar-refractivity contribution < 1.29 is 9.66 Å². The molecule has 0 atom stereocenters. The fourth-order valence-electron chi connectivity index (χ4n) is 1.73. The maximum Gasteiger partial charge on any atom is 0.277 e. The topological polar surface area (TPSA) is 52.4 Å². The predicted molar refractivity (Wildman–Crippen MR) is 89.2 cm³/mol. The lowest BCUT2D eigenvalue weighted by Crippen LogP contribution is -2.01. The minimum atomic E-state index is -0.465. The maximum atomic E-state index is 11.0. The average molecular weight is 435 g/mol. The lowest BCUT2D eigenvalue weighted by atomic mass is 10.2. The van der Waals surface area contributed by atoms with E-state index in [2.05, 4.69) is 31.9 Å². The van der Waals surface area contributed by atoms with Crippen LogP contribution in [0.15, 0.2) is 40.9 Å². The molecular formula is C14H10Br2ClNO3. The van der Waals surface area contributed by atoms with Crippen LogP contribution in [0.5, 0.6) is 5.75 Å². The zero-order chi connectivity index (χ0) is 15.4. The zero-order valence-electron chi connectivity index (χ0n) is 10.7. The Labute approximate surface area is 143 Å². The minimum Gasteiger partial charge on any atom is -0.487 e. The molecule has 0 amide bonds. The summed E-state index contributed by atoms with van der Waals surface area (Å²) in [7, 11) is 0. The second-order valence-electron chi connectivity index (χ2n) is 4.22. The fraction of sp³-hybridized carbons (Fsp3) is 0.143. The van der Waals surface area contributed by atoms with Gasteiger partial charge >= 0.3 is 0 Å². The smallest absolute Gasteiger partial charge is 0.277 e. The molecule has 0 saturated heterocycles. The molecule has 0 bridgehead atoms. The van der Waals surface area contributed by atoms with Crippen molar-refractivity contribution in [2.45, 2.75) is 11.9 Å². The first-order chi connectivity index (χ1) is 10.0. The molecule has 0 spiro atoms. The standard InChI is InChI=1S/C14H10Br2ClNO3/c15-7-9-1-4-14(12(16)5-9)21-8-10-2-3-11(17)6-13(10)18(19)20/h1-6H,7-8H2. The monoisotopic (exact) mass is 433 g/mol. The number of nitro groups is 1. The first-order valence-electron chi connectivity index (χ1n) is 5.91. The molecule has 0 unspecified atom stereocenters. The Balaban J connectivity index is 2.18. The molecule has 0 radical (unpaired) electrons. The number of ether oxygens (including phenoxy) is 1. The Kier molecular flexibility index (Phi) is 5.61. The van der Waals surface area contributed by atoms with Gasteiger partial charge in [0.2, 0.25) is 0 Å². The van der Waals surface area contributed by atoms with Crippen molar-refractivity contribution in [2.75, 3.05) is 0 Å². The third-order valence-electron chi connectivity index (χ3n) is 2.78. The molecule has 0 aliphatic heterocycles. The highest BCUT2D eigenvalue weighted by atomic mass is 79.9. The number of hydrogen-bond donors (Lipinski definition) is 0. The van der Waals surface area contributed by atoms with Crippen molar-refractivity contribution in [2.24, 2.45) is 0 Å². The van der Waals surface area contributed by atoms with Crippen LogP contribution in [0.25, 0.3) is 0 Å². The van der Waals surface area contributed by atoms with Gasteiger partial charge in [0.1, 0.15) is 12.4 Å². The van der Waals surface area contributed by atoms with Gasteiger partial charge in [-0.3, -0.25) is 10.1 Å². The fourth-order valence-corrected chi connectivity index (χ4v) is 2.78. The number of halogens is 3. The summed E-state index contributed by atoms with van der Waals surface area (Å²) in [5.74, 6) is 0.629. The quantitative estimate of drug-likeness (QED) is 0.355. The third kappa shape index (κ3) is 4.18. The summed E-state index contributed by atoms with van der Waals surface area (Å²) in [4.78, 5) is 10.5. The van der Waals surface area contributed by atoms with Crippen molar-refractivity contribution >= 4 is 49.1 Å². The van der Waals surface area contributed by atoms with E-state index >= 15 is 0 Å². The highest BCUT2D eigenvalue weighted by Gasteiger charge is 2.15. The van der Waals surface area contributed by atoms with Crippen LogP contribution in [0.3, 0.4) is 0 Å². The maximum absolute atomic E-state index is 11.0. The first kappa shape index (κ1) is 16.3. The highest BCUT2D eigenvalue weighted by molar-refractivity contribution is 9.10. The van der Waals surface area contributed by atoms with E-state index in [4.69, 9.17) is 16.3 Å². The van der Waals surface area contributed by atoms with E-state index in [1.807, 2.05) is 18.2 Å². The molecule has 110 valence electrons. The van der Waals surface area contributed by atoms with Crippen LogP contribution in [0, 0.1) is 10.1 Å². The Hall–Kier alpha value is -1.11. The van der Waals surface area contributed by atoms with E-state index in [0.717, 1.165) is 15.4 Å². The molecule has 2 aromatic rings. The van der Waals surface area contributed by atoms with Gasteiger partial charge in [0.05, 0.1) is 15.0 Å². The van der Waals surface area contributed by atoms with E-state index in [0.29, 0.717) is 16.3 Å². The Morgan fingerprint density at radius 1 is 1.24 bits per heavy atom. The molecule has 4 nitrogen and oxygen atoms in total. The Morgan fingerprint density at radius 3 is 2.62 bits per heavy atom. The molecule has 0 saturated carbocycles. The first-order valence-corrected chi connectivity index (χ1v) is 8.20. The van der Waals surface area contributed by atoms with E-state index < -0.39 is 4.92 Å². The number of nitro benzene ring substituents is 1. The molecule has 2 aromatic carbocycles. The highest BCUT2D eigenvalue weighted by Crippen LogP contribution is 2.29. The van der Waals surface area contributed by atoms with Crippen LogP contribution in [0.1, 0.15) is 11.1 Å². The van der Waals surface area contributed by atoms with Crippen molar-refractivity contribution in [3.8, 4) is 5.75 Å². The molecule has 2 rings (SSSR count). The van der Waals surface area contributed by atoms with E-state index in [1.165, 1.54) is 6.07 Å². The predicted octanol–water partition coefficient (Wildman–Crippen LogP) is 5.48. The molecule has 7 heteroatoms. The second kappa shape index (κ2) is 7.24. The SMILES string of the molecule is O=[N+]([O-])c1cc(Cl)ccc1COc1ccc(CBr)cc1Br. The summed E-state index contributed by atoms with van der Waals surface area (Å²) < 4.78 is 6.45. The van der Waals surface area contributed by atoms with Gasteiger partial charge < -0.3 is 4.74 Å². The van der Waals surface area contributed by atoms with Crippen molar-refractivity contribution in [1.29, 1.82) is 0 Å². The summed E-state index contributed by atoms with van der Waals surface area (Å²) >= 11 is 12.6. The Morgan fingerprint density at radius 2 is 2.00 bits per heavy atom. The molecule has 0 aromatic heterocycles. The molecule has 0 N–H and O–H groups in total. The largest absolute Gasteiger partial charge is 0.487 e. The Bertz CT molecular complexity index is 679. The normalized spacial score (nSPS) is 10.4. The van der Waals surface area contributed by atoms with E-state index in [-0.39, 0.29) is 12.3 Å². The molecule has 21 heavy (non-hydrogen) atoms. The molecular weight excluding hydrogens is 425 g/mol. The van der Waals surface area contributed by atoms with Crippen LogP contribution in [0.4, 0.5) is 5.69 Å². The number of benzene rings is 2. The minimum absolute atomic E-state index is 0.0456. The van der Waals surface area contributed by atoms with Crippen LogP contribution in [-0.4, -0.2) is 4.92 Å². The number of alkyl halides is 1.